The van der Waals surface area contributed by atoms with Gasteiger partial charge in [-0.2, -0.15) is 0 Å². The molecule has 1 aliphatic rings. The fourth-order valence-electron chi connectivity index (χ4n) is 1.20. The Hall–Kier alpha value is -0.870. The van der Waals surface area contributed by atoms with Gasteiger partial charge in [-0.05, 0) is 12.1 Å². The summed E-state index contributed by atoms with van der Waals surface area (Å²) < 4.78 is 11.1. The summed E-state index contributed by atoms with van der Waals surface area (Å²) in [6.07, 6.45) is 0.795. The van der Waals surface area contributed by atoms with Gasteiger partial charge in [0.25, 0.3) is 0 Å². The molecule has 13 heavy (non-hydrogen) atoms. The van der Waals surface area contributed by atoms with E-state index in [-0.39, 0.29) is 6.79 Å². The van der Waals surface area contributed by atoms with Crippen molar-refractivity contribution < 1.29 is 14.3 Å². The average molecular weight is 243 g/mol. The van der Waals surface area contributed by atoms with Gasteiger partial charge in [-0.15, -0.1) is 0 Å². The second kappa shape index (κ2) is 3.47. The van der Waals surface area contributed by atoms with Crippen LogP contribution in [0.3, 0.4) is 0 Å². The van der Waals surface area contributed by atoms with E-state index in [4.69, 9.17) is 9.47 Å². The first-order valence-corrected chi connectivity index (χ1v) is 4.58. The van der Waals surface area contributed by atoms with E-state index in [9.17, 15) is 4.79 Å². The Morgan fingerprint density at radius 1 is 1.46 bits per heavy atom. The molecule has 1 aliphatic heterocycles. The van der Waals surface area contributed by atoms with Gasteiger partial charge >= 0.3 is 0 Å². The molecule has 0 aliphatic carbocycles. The third-order valence-corrected chi connectivity index (χ3v) is 2.55. The number of benzene rings is 1. The quantitative estimate of drug-likeness (QED) is 0.708. The van der Waals surface area contributed by atoms with Crippen LogP contribution < -0.4 is 4.74 Å². The second-order valence-corrected chi connectivity index (χ2v) is 3.56. The average Bonchev–Trinajstić information content (AvgIpc) is 2.17. The standard InChI is InChI=1S/C9H7BrO3/c10-8-1-7-4-12-5-13-9(7)2-6(8)3-11/h1-3H,4-5H2. The first-order chi connectivity index (χ1) is 6.31. The number of rotatable bonds is 1. The molecule has 0 spiro atoms. The van der Waals surface area contributed by atoms with E-state index in [2.05, 4.69) is 15.9 Å². The smallest absolute Gasteiger partial charge is 0.189 e. The molecule has 0 saturated carbocycles. The molecule has 0 amide bonds. The lowest BCUT2D eigenvalue weighted by Crippen LogP contribution is -2.11. The van der Waals surface area contributed by atoms with Gasteiger partial charge in [0.15, 0.2) is 13.1 Å². The molecule has 1 aromatic carbocycles. The van der Waals surface area contributed by atoms with Crippen molar-refractivity contribution >= 4 is 22.2 Å². The van der Waals surface area contributed by atoms with Gasteiger partial charge in [0, 0.05) is 15.6 Å². The van der Waals surface area contributed by atoms with E-state index in [0.29, 0.717) is 12.2 Å². The topological polar surface area (TPSA) is 35.5 Å². The van der Waals surface area contributed by atoms with Gasteiger partial charge in [-0.25, -0.2) is 0 Å². The molecule has 0 N–H and O–H groups in total. The molecule has 0 saturated heterocycles. The lowest BCUT2D eigenvalue weighted by molar-refractivity contribution is -0.0164. The zero-order valence-corrected chi connectivity index (χ0v) is 8.33. The van der Waals surface area contributed by atoms with E-state index in [1.54, 1.807) is 6.07 Å². The Balaban J connectivity index is 2.50. The molecular weight excluding hydrogens is 236 g/mol. The van der Waals surface area contributed by atoms with Crippen LogP contribution in [0.4, 0.5) is 0 Å². The highest BCUT2D eigenvalue weighted by Gasteiger charge is 2.13. The molecule has 0 fully saturated rings. The molecule has 4 heteroatoms. The van der Waals surface area contributed by atoms with Crippen molar-refractivity contribution in [3.8, 4) is 5.75 Å². The van der Waals surface area contributed by atoms with Crippen molar-refractivity contribution in [2.45, 2.75) is 6.61 Å². The second-order valence-electron chi connectivity index (χ2n) is 2.71. The van der Waals surface area contributed by atoms with E-state index in [1.165, 1.54) is 0 Å². The molecule has 1 heterocycles. The Labute approximate surface area is 83.8 Å². The predicted molar refractivity (Wildman–Crippen MR) is 49.8 cm³/mol. The molecule has 1 aromatic rings. The van der Waals surface area contributed by atoms with Crippen LogP contribution in [0.25, 0.3) is 0 Å². The maximum absolute atomic E-state index is 10.6. The molecule has 0 radical (unpaired) electrons. The zero-order valence-electron chi connectivity index (χ0n) is 6.75. The highest BCUT2D eigenvalue weighted by atomic mass is 79.9. The van der Waals surface area contributed by atoms with E-state index in [1.807, 2.05) is 6.07 Å². The van der Waals surface area contributed by atoms with Crippen molar-refractivity contribution in [1.82, 2.24) is 0 Å². The minimum Gasteiger partial charge on any atom is -0.467 e. The monoisotopic (exact) mass is 242 g/mol. The minimum absolute atomic E-state index is 0.257. The van der Waals surface area contributed by atoms with Crippen LogP contribution in [0.2, 0.25) is 0 Å². The number of hydrogen-bond acceptors (Lipinski definition) is 3. The molecule has 0 aromatic heterocycles. The summed E-state index contributed by atoms with van der Waals surface area (Å²) in [6, 6.07) is 3.56. The Morgan fingerprint density at radius 3 is 3.08 bits per heavy atom. The Kier molecular flexibility index (Phi) is 2.33. The van der Waals surface area contributed by atoms with Crippen LogP contribution in [-0.4, -0.2) is 13.1 Å². The number of carbonyl (C=O) groups is 1. The Morgan fingerprint density at radius 2 is 2.31 bits per heavy atom. The number of fused-ring (bicyclic) bond motifs is 1. The molecule has 0 atom stereocenters. The van der Waals surface area contributed by atoms with Crippen LogP contribution in [-0.2, 0) is 11.3 Å². The lowest BCUT2D eigenvalue weighted by atomic mass is 10.1. The van der Waals surface area contributed by atoms with Crippen LogP contribution in [0.1, 0.15) is 15.9 Å². The number of halogens is 1. The molecule has 2 rings (SSSR count). The largest absolute Gasteiger partial charge is 0.467 e. The number of carbonyl (C=O) groups excluding carboxylic acids is 1. The van der Waals surface area contributed by atoms with E-state index < -0.39 is 0 Å². The number of ether oxygens (including phenoxy) is 2. The summed E-state index contributed by atoms with van der Waals surface area (Å²) in [5.74, 6) is 0.733. The summed E-state index contributed by atoms with van der Waals surface area (Å²) in [5, 5.41) is 0. The van der Waals surface area contributed by atoms with Crippen molar-refractivity contribution in [1.29, 1.82) is 0 Å². The maximum atomic E-state index is 10.6. The first-order valence-electron chi connectivity index (χ1n) is 3.79. The van der Waals surface area contributed by atoms with Gasteiger partial charge in [-0.3, -0.25) is 4.79 Å². The van der Waals surface area contributed by atoms with E-state index in [0.717, 1.165) is 22.1 Å². The molecular formula is C9H7BrO3. The number of hydrogen-bond donors (Lipinski definition) is 0. The third kappa shape index (κ3) is 1.59. The SMILES string of the molecule is O=Cc1cc2c(cc1Br)COCO2. The van der Waals surface area contributed by atoms with Gasteiger partial charge < -0.3 is 9.47 Å². The lowest BCUT2D eigenvalue weighted by Gasteiger charge is -2.18. The molecule has 68 valence electrons. The van der Waals surface area contributed by atoms with Gasteiger partial charge in [0.1, 0.15) is 5.75 Å². The summed E-state index contributed by atoms with van der Waals surface area (Å²) in [4.78, 5) is 10.6. The first kappa shape index (κ1) is 8.72. The summed E-state index contributed by atoms with van der Waals surface area (Å²) in [5.41, 5.74) is 1.56. The van der Waals surface area contributed by atoms with Gasteiger partial charge in [0.2, 0.25) is 0 Å². The highest BCUT2D eigenvalue weighted by Crippen LogP contribution is 2.29. The van der Waals surface area contributed by atoms with Crippen molar-refractivity contribution in [3.05, 3.63) is 27.7 Å². The van der Waals surface area contributed by atoms with Gasteiger partial charge in [0.05, 0.1) is 6.61 Å². The maximum Gasteiger partial charge on any atom is 0.189 e. The number of aldehydes is 1. The molecule has 0 bridgehead atoms. The highest BCUT2D eigenvalue weighted by molar-refractivity contribution is 9.10. The fourth-order valence-corrected chi connectivity index (χ4v) is 1.69. The summed E-state index contributed by atoms with van der Waals surface area (Å²) in [6.45, 7) is 0.792. The van der Waals surface area contributed by atoms with Crippen LogP contribution in [0.15, 0.2) is 16.6 Å². The zero-order chi connectivity index (χ0) is 9.26. The Bertz CT molecular complexity index is 349. The van der Waals surface area contributed by atoms with Crippen LogP contribution in [0, 0.1) is 0 Å². The normalized spacial score (nSPS) is 14.5. The van der Waals surface area contributed by atoms with Gasteiger partial charge in [-0.1, -0.05) is 15.9 Å². The minimum atomic E-state index is 0.257. The van der Waals surface area contributed by atoms with E-state index >= 15 is 0 Å². The third-order valence-electron chi connectivity index (χ3n) is 1.86. The molecule has 0 unspecified atom stereocenters. The summed E-state index contributed by atoms with van der Waals surface area (Å²) >= 11 is 3.29. The predicted octanol–water partition coefficient (Wildman–Crippen LogP) is 2.13. The summed E-state index contributed by atoms with van der Waals surface area (Å²) in [7, 11) is 0. The van der Waals surface area contributed by atoms with Crippen molar-refractivity contribution in [3.63, 3.8) is 0 Å². The molecule has 3 nitrogen and oxygen atoms in total. The fraction of sp³-hybridized carbons (Fsp3) is 0.222. The van der Waals surface area contributed by atoms with Crippen molar-refractivity contribution in [2.75, 3.05) is 6.79 Å². The van der Waals surface area contributed by atoms with Crippen LogP contribution in [0.5, 0.6) is 5.75 Å². The van der Waals surface area contributed by atoms with Crippen LogP contribution >= 0.6 is 15.9 Å². The van der Waals surface area contributed by atoms with Crippen molar-refractivity contribution in [2.24, 2.45) is 0 Å².